The van der Waals surface area contributed by atoms with Gasteiger partial charge in [0.2, 0.25) is 5.91 Å². The first kappa shape index (κ1) is 13.9. The first-order valence-electron chi connectivity index (χ1n) is 6.08. The zero-order valence-corrected chi connectivity index (χ0v) is 10.2. The lowest BCUT2D eigenvalue weighted by atomic mass is 10.2. The molecule has 2 heterocycles. The Kier molecular flexibility index (Phi) is 4.08. The third-order valence-corrected chi connectivity index (χ3v) is 2.89. The maximum Gasteiger partial charge on any atom is 0.390 e. The predicted molar refractivity (Wildman–Crippen MR) is 62.6 cm³/mol. The van der Waals surface area contributed by atoms with Crippen LogP contribution in [0.25, 0.3) is 0 Å². The standard InChI is InChI=1S/C11H15F3N4O/c12-11(13,14)4-7-18-6-3-9(17-18)16-10(19)8-2-1-5-15-8/h3,6,8,15H,1-2,4-5,7H2,(H,16,17,19). The quantitative estimate of drug-likeness (QED) is 0.876. The molecule has 1 aliphatic rings. The van der Waals surface area contributed by atoms with Crippen molar-refractivity contribution in [3.8, 4) is 0 Å². The number of carbonyl (C=O) groups is 1. The van der Waals surface area contributed by atoms with Crippen molar-refractivity contribution in [2.45, 2.75) is 38.0 Å². The Morgan fingerprint density at radius 1 is 1.58 bits per heavy atom. The van der Waals surface area contributed by atoms with Crippen LogP contribution in [0.4, 0.5) is 19.0 Å². The molecule has 1 atom stereocenters. The molecule has 0 aromatic carbocycles. The maximum absolute atomic E-state index is 12.0. The van der Waals surface area contributed by atoms with Gasteiger partial charge >= 0.3 is 6.18 Å². The summed E-state index contributed by atoms with van der Waals surface area (Å²) >= 11 is 0. The van der Waals surface area contributed by atoms with Crippen molar-refractivity contribution in [3.05, 3.63) is 12.3 Å². The summed E-state index contributed by atoms with van der Waals surface area (Å²) in [4.78, 5) is 11.7. The number of nitrogens with one attached hydrogen (secondary N) is 2. The summed E-state index contributed by atoms with van der Waals surface area (Å²) in [5, 5.41) is 9.50. The molecule has 2 N–H and O–H groups in total. The molecule has 2 rings (SSSR count). The van der Waals surface area contributed by atoms with Crippen molar-refractivity contribution in [2.75, 3.05) is 11.9 Å². The lowest BCUT2D eigenvalue weighted by Gasteiger charge is -2.09. The fraction of sp³-hybridized carbons (Fsp3) is 0.636. The van der Waals surface area contributed by atoms with Crippen molar-refractivity contribution in [1.29, 1.82) is 0 Å². The van der Waals surface area contributed by atoms with Crippen LogP contribution in [0.3, 0.4) is 0 Å². The number of amides is 1. The molecule has 1 unspecified atom stereocenters. The first-order valence-corrected chi connectivity index (χ1v) is 6.08. The van der Waals surface area contributed by atoms with E-state index in [0.29, 0.717) is 0 Å². The van der Waals surface area contributed by atoms with E-state index in [9.17, 15) is 18.0 Å². The SMILES string of the molecule is O=C(Nc1ccn(CCC(F)(F)F)n1)C1CCCN1. The Labute approximate surface area is 108 Å². The second kappa shape index (κ2) is 5.60. The Balaban J connectivity index is 1.85. The Morgan fingerprint density at radius 2 is 2.37 bits per heavy atom. The van der Waals surface area contributed by atoms with E-state index in [0.717, 1.165) is 19.4 Å². The highest BCUT2D eigenvalue weighted by Gasteiger charge is 2.27. The lowest BCUT2D eigenvalue weighted by Crippen LogP contribution is -2.35. The molecule has 0 aliphatic carbocycles. The van der Waals surface area contributed by atoms with Crippen molar-refractivity contribution >= 4 is 11.7 Å². The molecule has 1 aliphatic heterocycles. The molecule has 1 saturated heterocycles. The minimum atomic E-state index is -4.21. The van der Waals surface area contributed by atoms with Gasteiger partial charge in [-0.05, 0) is 19.4 Å². The number of carbonyl (C=O) groups excluding carboxylic acids is 1. The van der Waals surface area contributed by atoms with Gasteiger partial charge in [-0.2, -0.15) is 18.3 Å². The van der Waals surface area contributed by atoms with Gasteiger partial charge in [0.05, 0.1) is 12.5 Å². The maximum atomic E-state index is 12.0. The Morgan fingerprint density at radius 3 is 3.00 bits per heavy atom. The average Bonchev–Trinajstić information content (AvgIpc) is 2.96. The van der Waals surface area contributed by atoms with E-state index < -0.39 is 12.6 Å². The van der Waals surface area contributed by atoms with Crippen molar-refractivity contribution in [2.24, 2.45) is 0 Å². The van der Waals surface area contributed by atoms with Crippen LogP contribution in [0.5, 0.6) is 0 Å². The third kappa shape index (κ3) is 4.23. The molecule has 1 fully saturated rings. The van der Waals surface area contributed by atoms with Gasteiger partial charge in [-0.25, -0.2) is 0 Å². The van der Waals surface area contributed by atoms with Gasteiger partial charge in [0.1, 0.15) is 0 Å². The molecule has 8 heteroatoms. The molecule has 0 saturated carbocycles. The van der Waals surface area contributed by atoms with Crippen LogP contribution in [0.2, 0.25) is 0 Å². The number of hydrogen-bond donors (Lipinski definition) is 2. The predicted octanol–water partition coefficient (Wildman–Crippen LogP) is 1.53. The van der Waals surface area contributed by atoms with Crippen molar-refractivity contribution < 1.29 is 18.0 Å². The Bertz CT molecular complexity index is 437. The van der Waals surface area contributed by atoms with E-state index >= 15 is 0 Å². The number of anilines is 1. The van der Waals surface area contributed by atoms with Crippen LogP contribution in [-0.2, 0) is 11.3 Å². The smallest absolute Gasteiger partial charge is 0.308 e. The molecule has 1 amide bonds. The summed E-state index contributed by atoms with van der Waals surface area (Å²) in [5.74, 6) is 0.0828. The summed E-state index contributed by atoms with van der Waals surface area (Å²) in [6, 6.07) is 1.25. The fourth-order valence-corrected chi connectivity index (χ4v) is 1.92. The summed E-state index contributed by atoms with van der Waals surface area (Å²) in [5.41, 5.74) is 0. The van der Waals surface area contributed by atoms with E-state index in [1.807, 2.05) is 0 Å². The van der Waals surface area contributed by atoms with Crippen LogP contribution >= 0.6 is 0 Å². The van der Waals surface area contributed by atoms with Gasteiger partial charge in [0.15, 0.2) is 5.82 Å². The molecule has 0 spiro atoms. The second-order valence-electron chi connectivity index (χ2n) is 4.47. The highest BCUT2D eigenvalue weighted by Crippen LogP contribution is 2.20. The first-order chi connectivity index (χ1) is 8.94. The molecular formula is C11H15F3N4O. The van der Waals surface area contributed by atoms with Gasteiger partial charge in [0, 0.05) is 18.8 Å². The van der Waals surface area contributed by atoms with Crippen LogP contribution in [0, 0.1) is 0 Å². The number of halogens is 3. The summed E-state index contributed by atoms with van der Waals surface area (Å²) in [6.45, 7) is 0.555. The van der Waals surface area contributed by atoms with Crippen molar-refractivity contribution in [1.82, 2.24) is 15.1 Å². The number of alkyl halides is 3. The topological polar surface area (TPSA) is 59.0 Å². The molecule has 1 aromatic heterocycles. The van der Waals surface area contributed by atoms with E-state index in [2.05, 4.69) is 15.7 Å². The number of rotatable bonds is 4. The van der Waals surface area contributed by atoms with Crippen LogP contribution in [0.1, 0.15) is 19.3 Å². The second-order valence-corrected chi connectivity index (χ2v) is 4.47. The summed E-state index contributed by atoms with van der Waals surface area (Å²) in [7, 11) is 0. The van der Waals surface area contributed by atoms with Gasteiger partial charge in [0.25, 0.3) is 0 Å². The van der Waals surface area contributed by atoms with Gasteiger partial charge in [-0.15, -0.1) is 0 Å². The third-order valence-electron chi connectivity index (χ3n) is 2.89. The fourth-order valence-electron chi connectivity index (χ4n) is 1.92. The van der Waals surface area contributed by atoms with Crippen LogP contribution in [0.15, 0.2) is 12.3 Å². The highest BCUT2D eigenvalue weighted by molar-refractivity contribution is 5.94. The number of hydrogen-bond acceptors (Lipinski definition) is 3. The average molecular weight is 276 g/mol. The van der Waals surface area contributed by atoms with Crippen LogP contribution < -0.4 is 10.6 Å². The molecule has 106 valence electrons. The van der Waals surface area contributed by atoms with Gasteiger partial charge in [-0.1, -0.05) is 0 Å². The monoisotopic (exact) mass is 276 g/mol. The summed E-state index contributed by atoms with van der Waals surface area (Å²) < 4.78 is 37.3. The molecule has 1 aromatic rings. The molecule has 0 radical (unpaired) electrons. The van der Waals surface area contributed by atoms with Gasteiger partial charge < -0.3 is 10.6 Å². The normalized spacial score (nSPS) is 19.6. The summed E-state index contributed by atoms with van der Waals surface area (Å²) in [6.07, 6.45) is -2.02. The van der Waals surface area contributed by atoms with Crippen molar-refractivity contribution in [3.63, 3.8) is 0 Å². The molecular weight excluding hydrogens is 261 g/mol. The van der Waals surface area contributed by atoms with Gasteiger partial charge in [-0.3, -0.25) is 9.48 Å². The van der Waals surface area contributed by atoms with Crippen LogP contribution in [-0.4, -0.2) is 34.5 Å². The van der Waals surface area contributed by atoms with E-state index in [4.69, 9.17) is 0 Å². The van der Waals surface area contributed by atoms with E-state index in [1.165, 1.54) is 16.9 Å². The number of nitrogens with zero attached hydrogens (tertiary/aromatic N) is 2. The lowest BCUT2D eigenvalue weighted by molar-refractivity contribution is -0.137. The molecule has 19 heavy (non-hydrogen) atoms. The zero-order valence-electron chi connectivity index (χ0n) is 10.2. The molecule has 5 nitrogen and oxygen atoms in total. The number of aromatic nitrogens is 2. The molecule has 0 bridgehead atoms. The highest BCUT2D eigenvalue weighted by atomic mass is 19.4. The number of aryl methyl sites for hydroxylation is 1. The van der Waals surface area contributed by atoms with E-state index in [-0.39, 0.29) is 24.3 Å². The minimum absolute atomic E-state index is 0.196. The Hall–Kier alpha value is -1.57. The minimum Gasteiger partial charge on any atom is -0.308 e. The largest absolute Gasteiger partial charge is 0.390 e. The zero-order chi connectivity index (χ0) is 13.9. The van der Waals surface area contributed by atoms with E-state index in [1.54, 1.807) is 0 Å².